The molecule has 5 heteroatoms. The van der Waals surface area contributed by atoms with Gasteiger partial charge in [0, 0.05) is 17.3 Å². The molecule has 0 aliphatic carbocycles. The topological polar surface area (TPSA) is 64.0 Å². The number of carbonyl (C=O) groups is 1. The van der Waals surface area contributed by atoms with Gasteiger partial charge in [0.15, 0.2) is 0 Å². The van der Waals surface area contributed by atoms with E-state index in [9.17, 15) is 9.59 Å². The van der Waals surface area contributed by atoms with E-state index >= 15 is 0 Å². The summed E-state index contributed by atoms with van der Waals surface area (Å²) < 4.78 is 1.56. The van der Waals surface area contributed by atoms with Gasteiger partial charge in [-0.2, -0.15) is 0 Å². The largest absolute Gasteiger partial charge is 0.322 e. The van der Waals surface area contributed by atoms with Gasteiger partial charge in [0.2, 0.25) is 0 Å². The fourth-order valence-electron chi connectivity index (χ4n) is 3.31. The summed E-state index contributed by atoms with van der Waals surface area (Å²) >= 11 is 0. The number of anilines is 1. The Morgan fingerprint density at radius 3 is 2.52 bits per heavy atom. The van der Waals surface area contributed by atoms with E-state index in [1.54, 1.807) is 29.0 Å². The zero-order valence-electron chi connectivity index (χ0n) is 16.3. The lowest BCUT2D eigenvalue weighted by atomic mass is 10.1. The molecule has 2 aromatic carbocycles. The second-order valence-electron chi connectivity index (χ2n) is 7.17. The van der Waals surface area contributed by atoms with Gasteiger partial charge in [-0.25, -0.2) is 4.98 Å². The summed E-state index contributed by atoms with van der Waals surface area (Å²) in [6, 6.07) is 20.7. The highest BCUT2D eigenvalue weighted by molar-refractivity contribution is 6.05. The smallest absolute Gasteiger partial charge is 0.265 e. The van der Waals surface area contributed by atoms with Gasteiger partial charge in [0.1, 0.15) is 11.2 Å². The summed E-state index contributed by atoms with van der Waals surface area (Å²) in [7, 11) is 0. The number of nitrogens with one attached hydrogen (secondary N) is 1. The Balaban J connectivity index is 1.78. The summed E-state index contributed by atoms with van der Waals surface area (Å²) in [5, 5.41) is 3.57. The van der Waals surface area contributed by atoms with Crippen molar-refractivity contribution in [1.29, 1.82) is 0 Å². The summed E-state index contributed by atoms with van der Waals surface area (Å²) in [6.07, 6.45) is 1.65. The molecule has 4 rings (SSSR count). The van der Waals surface area contributed by atoms with Gasteiger partial charge in [-0.1, -0.05) is 42.0 Å². The Morgan fingerprint density at radius 2 is 1.76 bits per heavy atom. The van der Waals surface area contributed by atoms with Crippen molar-refractivity contribution >= 4 is 22.6 Å². The SMILES string of the molecule is Cc1ccc(Cn2c(=O)c(C(=O)Nc3cccc(C)c3)cc3cccnc32)cc1. The number of pyridine rings is 2. The molecule has 0 aliphatic rings. The monoisotopic (exact) mass is 383 g/mol. The Hall–Kier alpha value is -3.73. The third-order valence-electron chi connectivity index (χ3n) is 4.83. The van der Waals surface area contributed by atoms with Crippen molar-refractivity contribution in [1.82, 2.24) is 9.55 Å². The van der Waals surface area contributed by atoms with Crippen LogP contribution in [0.1, 0.15) is 27.0 Å². The van der Waals surface area contributed by atoms with Crippen LogP contribution in [0.4, 0.5) is 5.69 Å². The van der Waals surface area contributed by atoms with E-state index in [0.717, 1.165) is 22.1 Å². The molecule has 0 radical (unpaired) electrons. The molecule has 0 aliphatic heterocycles. The number of rotatable bonds is 4. The van der Waals surface area contributed by atoms with Gasteiger partial charge in [0.05, 0.1) is 6.54 Å². The maximum absolute atomic E-state index is 13.2. The van der Waals surface area contributed by atoms with Crippen LogP contribution in [0.5, 0.6) is 0 Å². The van der Waals surface area contributed by atoms with Crippen LogP contribution in [0.3, 0.4) is 0 Å². The Bertz CT molecular complexity index is 1260. The van der Waals surface area contributed by atoms with Crippen molar-refractivity contribution in [2.75, 3.05) is 5.32 Å². The number of carbonyl (C=O) groups excluding carboxylic acids is 1. The first-order chi connectivity index (χ1) is 14.0. The normalized spacial score (nSPS) is 10.8. The number of nitrogens with zero attached hydrogens (tertiary/aromatic N) is 2. The predicted octanol–water partition coefficient (Wildman–Crippen LogP) is 4.31. The van der Waals surface area contributed by atoms with Gasteiger partial charge in [-0.05, 0) is 55.3 Å². The van der Waals surface area contributed by atoms with Gasteiger partial charge in [0.25, 0.3) is 11.5 Å². The second kappa shape index (κ2) is 7.72. The molecule has 0 unspecified atom stereocenters. The highest BCUT2D eigenvalue weighted by Gasteiger charge is 2.17. The molecule has 1 N–H and O–H groups in total. The van der Waals surface area contributed by atoms with Gasteiger partial charge in [-0.15, -0.1) is 0 Å². The van der Waals surface area contributed by atoms with Crippen LogP contribution >= 0.6 is 0 Å². The number of aryl methyl sites for hydroxylation is 2. The molecule has 0 fully saturated rings. The number of hydrogen-bond donors (Lipinski definition) is 1. The highest BCUT2D eigenvalue weighted by Crippen LogP contribution is 2.15. The minimum Gasteiger partial charge on any atom is -0.322 e. The standard InChI is InChI=1S/C24H21N3O2/c1-16-8-10-18(11-9-16)15-27-22-19(6-4-12-25-22)14-21(24(27)29)23(28)26-20-7-3-5-17(2)13-20/h3-14H,15H2,1-2H3,(H,26,28). The van der Waals surface area contributed by atoms with Crippen molar-refractivity contribution in [3.63, 3.8) is 0 Å². The first-order valence-electron chi connectivity index (χ1n) is 9.43. The molecule has 29 heavy (non-hydrogen) atoms. The second-order valence-corrected chi connectivity index (χ2v) is 7.17. The number of benzene rings is 2. The van der Waals surface area contributed by atoms with Crippen LogP contribution in [0, 0.1) is 13.8 Å². The lowest BCUT2D eigenvalue weighted by molar-refractivity contribution is 0.102. The third-order valence-corrected chi connectivity index (χ3v) is 4.83. The summed E-state index contributed by atoms with van der Waals surface area (Å²) in [5.41, 5.74) is 4.11. The summed E-state index contributed by atoms with van der Waals surface area (Å²) in [5.74, 6) is -0.427. The van der Waals surface area contributed by atoms with Gasteiger partial charge < -0.3 is 5.32 Å². The minimum atomic E-state index is -0.427. The zero-order chi connectivity index (χ0) is 20.4. The third kappa shape index (κ3) is 3.94. The first-order valence-corrected chi connectivity index (χ1v) is 9.43. The van der Waals surface area contributed by atoms with Gasteiger partial charge >= 0.3 is 0 Å². The van der Waals surface area contributed by atoms with Crippen molar-refractivity contribution in [2.45, 2.75) is 20.4 Å². The van der Waals surface area contributed by atoms with E-state index in [1.165, 1.54) is 0 Å². The Kier molecular flexibility index (Phi) is 4.96. The fourth-order valence-corrected chi connectivity index (χ4v) is 3.31. The number of amides is 1. The quantitative estimate of drug-likeness (QED) is 0.571. The molecule has 4 aromatic rings. The Labute approximate surface area is 168 Å². The van der Waals surface area contributed by atoms with Crippen molar-refractivity contribution in [3.8, 4) is 0 Å². The Morgan fingerprint density at radius 1 is 0.966 bits per heavy atom. The van der Waals surface area contributed by atoms with Crippen LogP contribution in [-0.4, -0.2) is 15.5 Å². The van der Waals surface area contributed by atoms with Crippen LogP contribution < -0.4 is 10.9 Å². The maximum Gasteiger partial charge on any atom is 0.265 e. The number of aromatic nitrogens is 2. The zero-order valence-corrected chi connectivity index (χ0v) is 16.3. The molecule has 0 saturated heterocycles. The van der Waals surface area contributed by atoms with Crippen LogP contribution in [0.15, 0.2) is 77.7 Å². The van der Waals surface area contributed by atoms with Crippen molar-refractivity contribution in [2.24, 2.45) is 0 Å². The highest BCUT2D eigenvalue weighted by atomic mass is 16.2. The molecule has 0 atom stereocenters. The van der Waals surface area contributed by atoms with E-state index in [4.69, 9.17) is 0 Å². The lowest BCUT2D eigenvalue weighted by Crippen LogP contribution is -2.30. The predicted molar refractivity (Wildman–Crippen MR) is 115 cm³/mol. The first kappa shape index (κ1) is 18.6. The molecule has 2 aromatic heterocycles. The molecule has 1 amide bonds. The molecule has 0 spiro atoms. The molecule has 0 saturated carbocycles. The average molecular weight is 383 g/mol. The summed E-state index contributed by atoms with van der Waals surface area (Å²) in [4.78, 5) is 30.5. The minimum absolute atomic E-state index is 0.0964. The number of hydrogen-bond acceptors (Lipinski definition) is 3. The molecule has 2 heterocycles. The van der Waals surface area contributed by atoms with E-state index < -0.39 is 5.91 Å². The maximum atomic E-state index is 13.2. The van der Waals surface area contributed by atoms with E-state index in [0.29, 0.717) is 17.9 Å². The molecular formula is C24H21N3O2. The summed E-state index contributed by atoms with van der Waals surface area (Å²) in [6.45, 7) is 4.31. The molecule has 144 valence electrons. The lowest BCUT2D eigenvalue weighted by Gasteiger charge is -2.13. The van der Waals surface area contributed by atoms with E-state index in [2.05, 4.69) is 10.3 Å². The van der Waals surface area contributed by atoms with Gasteiger partial charge in [-0.3, -0.25) is 14.2 Å². The average Bonchev–Trinajstić information content (AvgIpc) is 2.71. The van der Waals surface area contributed by atoms with Crippen LogP contribution in [-0.2, 0) is 6.54 Å². The van der Waals surface area contributed by atoms with Crippen LogP contribution in [0.2, 0.25) is 0 Å². The molecular weight excluding hydrogens is 362 g/mol. The molecule has 5 nitrogen and oxygen atoms in total. The van der Waals surface area contributed by atoms with Crippen LogP contribution in [0.25, 0.3) is 11.0 Å². The van der Waals surface area contributed by atoms with E-state index in [-0.39, 0.29) is 11.1 Å². The van der Waals surface area contributed by atoms with E-state index in [1.807, 2.05) is 62.4 Å². The fraction of sp³-hybridized carbons (Fsp3) is 0.125. The molecule has 0 bridgehead atoms. The van der Waals surface area contributed by atoms with Crippen molar-refractivity contribution < 1.29 is 4.79 Å². The van der Waals surface area contributed by atoms with Crippen molar-refractivity contribution in [3.05, 3.63) is 106 Å². The number of fused-ring (bicyclic) bond motifs is 1.